The van der Waals surface area contributed by atoms with Gasteiger partial charge < -0.3 is 10.1 Å². The van der Waals surface area contributed by atoms with Crippen molar-refractivity contribution >= 4 is 17.2 Å². The van der Waals surface area contributed by atoms with Gasteiger partial charge in [0.25, 0.3) is 5.91 Å². The van der Waals surface area contributed by atoms with Gasteiger partial charge in [0.15, 0.2) is 5.69 Å². The molecule has 2 aromatic heterocycles. The highest BCUT2D eigenvalue weighted by molar-refractivity contribution is 7.14. The molecule has 1 aromatic carbocycles. The van der Waals surface area contributed by atoms with Crippen LogP contribution in [0.25, 0.3) is 10.6 Å². The van der Waals surface area contributed by atoms with E-state index in [0.29, 0.717) is 5.01 Å². The van der Waals surface area contributed by atoms with Gasteiger partial charge in [-0.15, -0.1) is 15.3 Å². The molecule has 1 amide bonds. The van der Waals surface area contributed by atoms with E-state index in [0.717, 1.165) is 10.6 Å². The number of nitrogens with one attached hydrogen (secondary N) is 1. The summed E-state index contributed by atoms with van der Waals surface area (Å²) < 4.78 is 20.1. The second kappa shape index (κ2) is 7.26. The maximum Gasteiger partial charge on any atom is 0.273 e. The normalized spacial score (nSPS) is 19.6. The number of nitrogens with zero attached hydrogens (tertiary/aromatic N) is 5. The van der Waals surface area contributed by atoms with Crippen LogP contribution >= 0.6 is 11.3 Å². The quantitative estimate of drug-likeness (QED) is 0.729. The Bertz CT molecular complexity index is 899. The summed E-state index contributed by atoms with van der Waals surface area (Å²) in [4.78, 5) is 12.2. The molecule has 1 saturated heterocycles. The van der Waals surface area contributed by atoms with E-state index in [1.165, 1.54) is 22.2 Å². The standard InChI is InChI=1S/C16H15FN6O2S/c17-11-8-25-9-13(11)23-7-12(19-22-23)15(24)18-6-14-20-21-16(26-14)10-4-2-1-3-5-10/h1-5,7,11,13H,6,8-9H2,(H,18,24)/t11-,13-/m0/s1. The third kappa shape index (κ3) is 3.46. The predicted molar refractivity (Wildman–Crippen MR) is 91.3 cm³/mol. The lowest BCUT2D eigenvalue weighted by Gasteiger charge is -2.08. The molecular weight excluding hydrogens is 359 g/mol. The number of alkyl halides is 1. The number of benzene rings is 1. The minimum absolute atomic E-state index is 0.0346. The molecule has 0 spiro atoms. The summed E-state index contributed by atoms with van der Waals surface area (Å²) in [5.74, 6) is -0.401. The van der Waals surface area contributed by atoms with E-state index >= 15 is 0 Å². The zero-order chi connectivity index (χ0) is 17.9. The first kappa shape index (κ1) is 16.7. The summed E-state index contributed by atoms with van der Waals surface area (Å²) in [6.45, 7) is 0.486. The number of ether oxygens (including phenoxy) is 1. The molecule has 10 heteroatoms. The largest absolute Gasteiger partial charge is 0.376 e. The van der Waals surface area contributed by atoms with Gasteiger partial charge in [-0.25, -0.2) is 9.07 Å². The minimum Gasteiger partial charge on any atom is -0.376 e. The van der Waals surface area contributed by atoms with Gasteiger partial charge in [0.05, 0.1) is 26.0 Å². The molecule has 4 rings (SSSR count). The van der Waals surface area contributed by atoms with Crippen molar-refractivity contribution in [1.29, 1.82) is 0 Å². The fraction of sp³-hybridized carbons (Fsp3) is 0.312. The molecule has 0 saturated carbocycles. The lowest BCUT2D eigenvalue weighted by molar-refractivity contribution is 0.0945. The molecule has 2 atom stereocenters. The molecular formula is C16H15FN6O2S. The summed E-state index contributed by atoms with van der Waals surface area (Å²) in [7, 11) is 0. The average molecular weight is 374 g/mol. The number of amides is 1. The predicted octanol–water partition coefficient (Wildman–Crippen LogP) is 1.64. The van der Waals surface area contributed by atoms with Crippen molar-refractivity contribution in [2.75, 3.05) is 13.2 Å². The Balaban J connectivity index is 1.37. The van der Waals surface area contributed by atoms with E-state index in [1.807, 2.05) is 30.3 Å². The third-order valence-corrected chi connectivity index (χ3v) is 4.93. The summed E-state index contributed by atoms with van der Waals surface area (Å²) in [5.41, 5.74) is 1.10. The molecule has 1 fully saturated rings. The topological polar surface area (TPSA) is 94.8 Å². The van der Waals surface area contributed by atoms with Crippen LogP contribution in [0.15, 0.2) is 36.5 Å². The Morgan fingerprint density at radius 3 is 2.88 bits per heavy atom. The maximum atomic E-state index is 13.7. The molecule has 134 valence electrons. The van der Waals surface area contributed by atoms with Gasteiger partial charge >= 0.3 is 0 Å². The molecule has 26 heavy (non-hydrogen) atoms. The monoisotopic (exact) mass is 374 g/mol. The summed E-state index contributed by atoms with van der Waals surface area (Å²) >= 11 is 1.40. The molecule has 8 nitrogen and oxygen atoms in total. The molecule has 3 heterocycles. The van der Waals surface area contributed by atoms with Gasteiger partial charge in [-0.2, -0.15) is 0 Å². The van der Waals surface area contributed by atoms with E-state index < -0.39 is 18.1 Å². The van der Waals surface area contributed by atoms with Crippen LogP contribution in [-0.2, 0) is 11.3 Å². The van der Waals surface area contributed by atoms with Crippen molar-refractivity contribution in [2.45, 2.75) is 18.8 Å². The van der Waals surface area contributed by atoms with Crippen LogP contribution in [0.5, 0.6) is 0 Å². The molecule has 0 aliphatic carbocycles. The van der Waals surface area contributed by atoms with Crippen molar-refractivity contribution in [3.63, 3.8) is 0 Å². The summed E-state index contributed by atoms with van der Waals surface area (Å²) in [5, 5.41) is 20.0. The van der Waals surface area contributed by atoms with E-state index in [1.54, 1.807) is 0 Å². The molecule has 1 aliphatic heterocycles. The third-order valence-electron chi connectivity index (χ3n) is 3.95. The highest BCUT2D eigenvalue weighted by Crippen LogP contribution is 2.23. The molecule has 1 aliphatic rings. The number of hydrogen-bond acceptors (Lipinski definition) is 7. The zero-order valence-corrected chi connectivity index (χ0v) is 14.4. The van der Waals surface area contributed by atoms with Gasteiger partial charge in [0.2, 0.25) is 0 Å². The Kier molecular flexibility index (Phi) is 4.67. The van der Waals surface area contributed by atoms with Crippen molar-refractivity contribution in [2.24, 2.45) is 0 Å². The molecule has 0 radical (unpaired) electrons. The molecule has 0 bridgehead atoms. The SMILES string of the molecule is O=C(NCc1nnc(-c2ccccc2)s1)c1cn([C@H]2COC[C@@H]2F)nn1. The van der Waals surface area contributed by atoms with Gasteiger partial charge in [-0.1, -0.05) is 46.9 Å². The van der Waals surface area contributed by atoms with Crippen molar-refractivity contribution < 1.29 is 13.9 Å². The zero-order valence-electron chi connectivity index (χ0n) is 13.6. The Morgan fingerprint density at radius 1 is 1.27 bits per heavy atom. The van der Waals surface area contributed by atoms with Gasteiger partial charge in [-0.05, 0) is 0 Å². The van der Waals surface area contributed by atoms with Crippen LogP contribution in [0.1, 0.15) is 21.5 Å². The van der Waals surface area contributed by atoms with Crippen molar-refractivity contribution in [3.05, 3.63) is 47.2 Å². The summed E-state index contributed by atoms with van der Waals surface area (Å²) in [6.07, 6.45) is 0.280. The number of halogens is 1. The lowest BCUT2D eigenvalue weighted by atomic mass is 10.2. The van der Waals surface area contributed by atoms with E-state index in [-0.39, 0.29) is 25.5 Å². The number of rotatable bonds is 5. The Morgan fingerprint density at radius 2 is 2.12 bits per heavy atom. The second-order valence-electron chi connectivity index (χ2n) is 5.75. The van der Waals surface area contributed by atoms with Gasteiger partial charge in [0.1, 0.15) is 22.2 Å². The molecule has 3 aromatic rings. The Hall–Kier alpha value is -2.72. The van der Waals surface area contributed by atoms with Crippen molar-refractivity contribution in [1.82, 2.24) is 30.5 Å². The first-order valence-corrected chi connectivity index (χ1v) is 8.82. The fourth-order valence-electron chi connectivity index (χ4n) is 2.57. The number of carbonyl (C=O) groups is 1. The number of hydrogen-bond donors (Lipinski definition) is 1. The number of aromatic nitrogens is 5. The van der Waals surface area contributed by atoms with Crippen molar-refractivity contribution in [3.8, 4) is 10.6 Å². The molecule has 0 unspecified atom stereocenters. The summed E-state index contributed by atoms with van der Waals surface area (Å²) in [6, 6.07) is 9.15. The fourth-order valence-corrected chi connectivity index (χ4v) is 3.36. The minimum atomic E-state index is -1.15. The van der Waals surface area contributed by atoms with Crippen LogP contribution in [0.2, 0.25) is 0 Å². The van der Waals surface area contributed by atoms with E-state index in [4.69, 9.17) is 4.74 Å². The lowest BCUT2D eigenvalue weighted by Crippen LogP contribution is -2.23. The van der Waals surface area contributed by atoms with Crippen LogP contribution in [0.4, 0.5) is 4.39 Å². The van der Waals surface area contributed by atoms with Crippen LogP contribution in [0.3, 0.4) is 0 Å². The number of carbonyl (C=O) groups excluding carboxylic acids is 1. The maximum absolute atomic E-state index is 13.7. The van der Waals surface area contributed by atoms with Crippen LogP contribution in [-0.4, -0.2) is 50.5 Å². The van der Waals surface area contributed by atoms with Gasteiger partial charge in [0, 0.05) is 5.56 Å². The first-order chi connectivity index (χ1) is 12.7. The van der Waals surface area contributed by atoms with E-state index in [9.17, 15) is 9.18 Å². The van der Waals surface area contributed by atoms with E-state index in [2.05, 4.69) is 25.8 Å². The Labute approximate surface area is 152 Å². The smallest absolute Gasteiger partial charge is 0.273 e. The highest BCUT2D eigenvalue weighted by Gasteiger charge is 2.31. The van der Waals surface area contributed by atoms with Crippen LogP contribution in [0, 0.1) is 0 Å². The second-order valence-corrected chi connectivity index (χ2v) is 6.82. The molecule has 1 N–H and O–H groups in total. The highest BCUT2D eigenvalue weighted by atomic mass is 32.1. The van der Waals surface area contributed by atoms with Crippen LogP contribution < -0.4 is 5.32 Å². The average Bonchev–Trinajstić information content (AvgIpc) is 3.41. The first-order valence-electron chi connectivity index (χ1n) is 8.00. The van der Waals surface area contributed by atoms with Gasteiger partial charge in [-0.3, -0.25) is 4.79 Å².